The largest absolute Gasteiger partial charge is 0.480 e. The van der Waals surface area contributed by atoms with E-state index in [4.69, 9.17) is 10.8 Å². The van der Waals surface area contributed by atoms with Crippen molar-refractivity contribution in [2.24, 2.45) is 5.73 Å². The maximum atomic E-state index is 11.8. The molecule has 0 spiro atoms. The van der Waals surface area contributed by atoms with Crippen LogP contribution in [-0.2, 0) is 10.5 Å². The molecule has 0 aromatic carbocycles. The molecule has 8 heteroatoms. The molecular formula is C12H15N3O3S2. The minimum atomic E-state index is -1.04. The fraction of sp³-hybridized carbons (Fsp3) is 0.417. The van der Waals surface area contributed by atoms with Crippen molar-refractivity contribution in [2.75, 3.05) is 0 Å². The number of rotatable bonds is 5. The Kier molecular flexibility index (Phi) is 4.17. The molecule has 108 valence electrons. The Bertz CT molecular complexity index is 693. The van der Waals surface area contributed by atoms with Gasteiger partial charge in [-0.05, 0) is 13.8 Å². The number of hydrogen-bond donors (Lipinski definition) is 2. The van der Waals surface area contributed by atoms with E-state index >= 15 is 0 Å². The Labute approximate surface area is 123 Å². The van der Waals surface area contributed by atoms with Crippen molar-refractivity contribution in [2.45, 2.75) is 30.4 Å². The first-order valence-electron chi connectivity index (χ1n) is 5.89. The standard InChI is InChI=1S/C12H15N3O3S2/c1-12(2,9(13)10(17)18)20-6-7-5-8(16)15-3-4-19-11(15)14-7/h3-5,9H,6,13H2,1-2H3,(H,17,18)/t9-/m0/s1. The summed E-state index contributed by atoms with van der Waals surface area (Å²) in [6.07, 6.45) is 1.68. The molecule has 0 aliphatic rings. The molecule has 2 rings (SSSR count). The lowest BCUT2D eigenvalue weighted by Gasteiger charge is -2.27. The van der Waals surface area contributed by atoms with Gasteiger partial charge in [-0.25, -0.2) is 4.98 Å². The van der Waals surface area contributed by atoms with Crippen LogP contribution in [0, 0.1) is 0 Å². The summed E-state index contributed by atoms with van der Waals surface area (Å²) in [5, 5.41) is 10.8. The number of thiazole rings is 1. The zero-order valence-corrected chi connectivity index (χ0v) is 12.7. The molecule has 0 saturated heterocycles. The van der Waals surface area contributed by atoms with Crippen LogP contribution in [0.5, 0.6) is 0 Å². The number of thioether (sulfide) groups is 1. The maximum absolute atomic E-state index is 11.8. The molecule has 20 heavy (non-hydrogen) atoms. The van der Waals surface area contributed by atoms with Gasteiger partial charge in [0.2, 0.25) is 0 Å². The lowest BCUT2D eigenvalue weighted by Crippen LogP contribution is -2.46. The van der Waals surface area contributed by atoms with Gasteiger partial charge in [0.1, 0.15) is 6.04 Å². The Morgan fingerprint density at radius 2 is 2.35 bits per heavy atom. The summed E-state index contributed by atoms with van der Waals surface area (Å²) in [7, 11) is 0. The highest BCUT2D eigenvalue weighted by molar-refractivity contribution is 7.99. The molecule has 0 fully saturated rings. The zero-order valence-electron chi connectivity index (χ0n) is 11.1. The summed E-state index contributed by atoms with van der Waals surface area (Å²) in [5.41, 5.74) is 6.16. The van der Waals surface area contributed by atoms with Crippen molar-refractivity contribution in [3.05, 3.63) is 33.7 Å². The van der Waals surface area contributed by atoms with E-state index in [0.29, 0.717) is 16.4 Å². The van der Waals surface area contributed by atoms with Crippen molar-refractivity contribution in [1.82, 2.24) is 9.38 Å². The highest BCUT2D eigenvalue weighted by Crippen LogP contribution is 2.30. The second-order valence-corrected chi connectivity index (χ2v) is 7.35. The second-order valence-electron chi connectivity index (χ2n) is 4.85. The van der Waals surface area contributed by atoms with Crippen molar-refractivity contribution >= 4 is 34.0 Å². The third-order valence-corrected chi connectivity index (χ3v) is 5.16. The summed E-state index contributed by atoms with van der Waals surface area (Å²) in [4.78, 5) is 27.8. The normalized spacial score (nSPS) is 13.6. The predicted octanol–water partition coefficient (Wildman–Crippen LogP) is 1.18. The number of nitrogens with two attached hydrogens (primary N) is 1. The van der Waals surface area contributed by atoms with Gasteiger partial charge < -0.3 is 10.8 Å². The first kappa shape index (κ1) is 15.0. The van der Waals surface area contributed by atoms with Crippen LogP contribution >= 0.6 is 23.1 Å². The number of carboxylic acids is 1. The molecule has 0 radical (unpaired) electrons. The molecule has 0 aliphatic carbocycles. The Balaban J connectivity index is 2.17. The molecule has 2 heterocycles. The third kappa shape index (κ3) is 3.02. The van der Waals surface area contributed by atoms with Crippen LogP contribution in [0.25, 0.3) is 4.96 Å². The lowest BCUT2D eigenvalue weighted by molar-refractivity contribution is -0.139. The summed E-state index contributed by atoms with van der Waals surface area (Å²) in [6.45, 7) is 3.54. The molecule has 2 aromatic heterocycles. The molecule has 6 nitrogen and oxygen atoms in total. The minimum absolute atomic E-state index is 0.132. The summed E-state index contributed by atoms with van der Waals surface area (Å²) in [5.74, 6) is -0.596. The van der Waals surface area contributed by atoms with Crippen LogP contribution < -0.4 is 11.3 Å². The number of fused-ring (bicyclic) bond motifs is 1. The fourth-order valence-corrected chi connectivity index (χ4v) is 3.30. The highest BCUT2D eigenvalue weighted by atomic mass is 32.2. The van der Waals surface area contributed by atoms with Crippen molar-refractivity contribution < 1.29 is 9.90 Å². The average molecular weight is 313 g/mol. The number of carboxylic acid groups (broad SMARTS) is 1. The maximum Gasteiger partial charge on any atom is 0.321 e. The number of nitrogens with zero attached hydrogens (tertiary/aromatic N) is 2. The number of aliphatic carboxylic acids is 1. The summed E-state index contributed by atoms with van der Waals surface area (Å²) in [6, 6.07) is 0.494. The van der Waals surface area contributed by atoms with Crippen LogP contribution in [-0.4, -0.2) is 31.2 Å². The van der Waals surface area contributed by atoms with E-state index in [1.807, 2.05) is 0 Å². The van der Waals surface area contributed by atoms with Gasteiger partial charge in [0.05, 0.1) is 5.69 Å². The Morgan fingerprint density at radius 1 is 1.65 bits per heavy atom. The van der Waals surface area contributed by atoms with Crippen molar-refractivity contribution in [3.8, 4) is 0 Å². The molecular weight excluding hydrogens is 298 g/mol. The predicted molar refractivity (Wildman–Crippen MR) is 80.3 cm³/mol. The molecule has 1 atom stereocenters. The quantitative estimate of drug-likeness (QED) is 0.860. The lowest BCUT2D eigenvalue weighted by atomic mass is 10.1. The van der Waals surface area contributed by atoms with Crippen LogP contribution in [0.4, 0.5) is 0 Å². The van der Waals surface area contributed by atoms with Gasteiger partial charge in [-0.3, -0.25) is 14.0 Å². The molecule has 0 unspecified atom stereocenters. The highest BCUT2D eigenvalue weighted by Gasteiger charge is 2.32. The number of aromatic nitrogens is 2. The molecule has 2 aromatic rings. The summed E-state index contributed by atoms with van der Waals surface area (Å²) >= 11 is 2.76. The van der Waals surface area contributed by atoms with Gasteiger partial charge in [0.15, 0.2) is 4.96 Å². The van der Waals surface area contributed by atoms with E-state index < -0.39 is 16.8 Å². The van der Waals surface area contributed by atoms with Crippen molar-refractivity contribution in [1.29, 1.82) is 0 Å². The molecule has 0 aliphatic heterocycles. The topological polar surface area (TPSA) is 97.7 Å². The monoisotopic (exact) mass is 313 g/mol. The van der Waals surface area contributed by atoms with Crippen LogP contribution in [0.3, 0.4) is 0 Å². The fourth-order valence-electron chi connectivity index (χ4n) is 1.61. The van der Waals surface area contributed by atoms with E-state index in [0.717, 1.165) is 0 Å². The van der Waals surface area contributed by atoms with Gasteiger partial charge >= 0.3 is 5.97 Å². The second kappa shape index (κ2) is 5.55. The van der Waals surface area contributed by atoms with Gasteiger partial charge in [-0.15, -0.1) is 23.1 Å². The van der Waals surface area contributed by atoms with Crippen LogP contribution in [0.2, 0.25) is 0 Å². The van der Waals surface area contributed by atoms with Gasteiger partial charge in [-0.2, -0.15) is 0 Å². The zero-order chi connectivity index (χ0) is 14.9. The first-order chi connectivity index (χ1) is 9.31. The van der Waals surface area contributed by atoms with E-state index in [-0.39, 0.29) is 5.56 Å². The first-order valence-corrected chi connectivity index (χ1v) is 7.76. The molecule has 3 N–H and O–H groups in total. The molecule has 0 amide bonds. The van der Waals surface area contributed by atoms with Crippen LogP contribution in [0.1, 0.15) is 19.5 Å². The van der Waals surface area contributed by atoms with E-state index in [9.17, 15) is 9.59 Å². The van der Waals surface area contributed by atoms with Gasteiger partial charge in [0, 0.05) is 28.1 Å². The number of carbonyl (C=O) groups is 1. The van der Waals surface area contributed by atoms with E-state index in [2.05, 4.69) is 4.98 Å². The van der Waals surface area contributed by atoms with Crippen LogP contribution in [0.15, 0.2) is 22.4 Å². The van der Waals surface area contributed by atoms with Gasteiger partial charge in [0.25, 0.3) is 5.56 Å². The Hall–Kier alpha value is -1.38. The smallest absolute Gasteiger partial charge is 0.321 e. The van der Waals surface area contributed by atoms with Gasteiger partial charge in [-0.1, -0.05) is 0 Å². The summed E-state index contributed by atoms with van der Waals surface area (Å²) < 4.78 is 0.834. The van der Waals surface area contributed by atoms with Crippen molar-refractivity contribution in [3.63, 3.8) is 0 Å². The Morgan fingerprint density at radius 3 is 3.00 bits per heavy atom. The van der Waals surface area contributed by atoms with E-state index in [1.165, 1.54) is 33.6 Å². The molecule has 0 bridgehead atoms. The molecule has 0 saturated carbocycles. The third-order valence-electron chi connectivity index (χ3n) is 2.96. The van der Waals surface area contributed by atoms with E-state index in [1.54, 1.807) is 25.4 Å². The minimum Gasteiger partial charge on any atom is -0.480 e. The SMILES string of the molecule is CC(C)(SCc1cc(=O)n2ccsc2n1)[C@@H](N)C(=O)O. The average Bonchev–Trinajstić information content (AvgIpc) is 2.84. The number of hydrogen-bond acceptors (Lipinski definition) is 6.